The number of nitrogens with one attached hydrogen (secondary N) is 1. The number of carbonyl (C=O) groups is 2. The molecule has 5 nitrogen and oxygen atoms in total. The van der Waals surface area contributed by atoms with Gasteiger partial charge in [-0.05, 0) is 63.8 Å². The first kappa shape index (κ1) is 16.8. The molecule has 1 atom stereocenters. The first-order valence-corrected chi connectivity index (χ1v) is 8.89. The Morgan fingerprint density at radius 2 is 1.92 bits per heavy atom. The fourth-order valence-corrected chi connectivity index (χ4v) is 3.10. The van der Waals surface area contributed by atoms with E-state index in [9.17, 15) is 9.59 Å². The van der Waals surface area contributed by atoms with Crippen LogP contribution in [0.2, 0.25) is 0 Å². The zero-order valence-corrected chi connectivity index (χ0v) is 14.5. The molecule has 1 aliphatic heterocycles. The van der Waals surface area contributed by atoms with Gasteiger partial charge in [0.15, 0.2) is 0 Å². The van der Waals surface area contributed by atoms with E-state index < -0.39 is 0 Å². The molecule has 24 heavy (non-hydrogen) atoms. The maximum absolute atomic E-state index is 12.3. The predicted octanol–water partition coefficient (Wildman–Crippen LogP) is 2.60. The SMILES string of the molecule is CC(C)NC(=O)c1ccc(OCC2CCCN2C(=O)C2CC2)cc1. The third-order valence-corrected chi connectivity index (χ3v) is 4.57. The summed E-state index contributed by atoms with van der Waals surface area (Å²) >= 11 is 0. The van der Waals surface area contributed by atoms with Gasteiger partial charge in [-0.15, -0.1) is 0 Å². The van der Waals surface area contributed by atoms with Crippen LogP contribution in [0.1, 0.15) is 49.9 Å². The van der Waals surface area contributed by atoms with Gasteiger partial charge in [-0.2, -0.15) is 0 Å². The second-order valence-corrected chi connectivity index (χ2v) is 7.07. The van der Waals surface area contributed by atoms with Gasteiger partial charge in [0, 0.05) is 24.1 Å². The number of amides is 2. The lowest BCUT2D eigenvalue weighted by atomic mass is 10.2. The van der Waals surface area contributed by atoms with E-state index in [0.717, 1.165) is 38.0 Å². The lowest BCUT2D eigenvalue weighted by Crippen LogP contribution is -2.39. The quantitative estimate of drug-likeness (QED) is 0.872. The minimum atomic E-state index is -0.0754. The summed E-state index contributed by atoms with van der Waals surface area (Å²) in [6, 6.07) is 7.48. The smallest absolute Gasteiger partial charge is 0.251 e. The Morgan fingerprint density at radius 1 is 1.21 bits per heavy atom. The molecule has 1 heterocycles. The minimum absolute atomic E-state index is 0.0754. The van der Waals surface area contributed by atoms with E-state index in [2.05, 4.69) is 5.32 Å². The van der Waals surface area contributed by atoms with Gasteiger partial charge in [0.05, 0.1) is 6.04 Å². The maximum Gasteiger partial charge on any atom is 0.251 e. The first-order chi connectivity index (χ1) is 11.5. The van der Waals surface area contributed by atoms with Crippen LogP contribution in [-0.4, -0.2) is 41.9 Å². The molecule has 0 radical (unpaired) electrons. The van der Waals surface area contributed by atoms with Crippen molar-refractivity contribution in [3.05, 3.63) is 29.8 Å². The zero-order valence-electron chi connectivity index (χ0n) is 14.5. The lowest BCUT2D eigenvalue weighted by molar-refractivity contribution is -0.133. The van der Waals surface area contributed by atoms with E-state index in [1.165, 1.54) is 0 Å². The molecule has 2 fully saturated rings. The second kappa shape index (κ2) is 7.24. The van der Waals surface area contributed by atoms with E-state index in [-0.39, 0.29) is 23.9 Å². The van der Waals surface area contributed by atoms with Gasteiger partial charge in [-0.3, -0.25) is 9.59 Å². The zero-order chi connectivity index (χ0) is 17.1. The van der Waals surface area contributed by atoms with Crippen molar-refractivity contribution in [2.75, 3.05) is 13.2 Å². The minimum Gasteiger partial charge on any atom is -0.491 e. The number of hydrogen-bond donors (Lipinski definition) is 1. The summed E-state index contributed by atoms with van der Waals surface area (Å²) in [4.78, 5) is 26.2. The Kier molecular flexibility index (Phi) is 5.07. The average Bonchev–Trinajstić information content (AvgIpc) is 3.30. The molecule has 1 saturated heterocycles. The molecule has 0 aromatic heterocycles. The van der Waals surface area contributed by atoms with Crippen LogP contribution in [0.3, 0.4) is 0 Å². The molecule has 1 aliphatic carbocycles. The molecule has 0 spiro atoms. The molecule has 1 N–H and O–H groups in total. The van der Waals surface area contributed by atoms with E-state index in [0.29, 0.717) is 18.1 Å². The van der Waals surface area contributed by atoms with E-state index in [1.807, 2.05) is 30.9 Å². The Hall–Kier alpha value is -2.04. The Morgan fingerprint density at radius 3 is 2.54 bits per heavy atom. The second-order valence-electron chi connectivity index (χ2n) is 7.07. The summed E-state index contributed by atoms with van der Waals surface area (Å²) in [7, 11) is 0. The molecule has 1 saturated carbocycles. The van der Waals surface area contributed by atoms with Crippen molar-refractivity contribution in [3.8, 4) is 5.75 Å². The van der Waals surface area contributed by atoms with Crippen LogP contribution in [0, 0.1) is 5.92 Å². The topological polar surface area (TPSA) is 58.6 Å². The number of ether oxygens (including phenoxy) is 1. The van der Waals surface area contributed by atoms with E-state index in [4.69, 9.17) is 4.74 Å². The number of nitrogens with zero attached hydrogens (tertiary/aromatic N) is 1. The Labute approximate surface area is 143 Å². The van der Waals surface area contributed by atoms with E-state index >= 15 is 0 Å². The predicted molar refractivity (Wildman–Crippen MR) is 92.0 cm³/mol. The van der Waals surface area contributed by atoms with Crippen LogP contribution in [0.25, 0.3) is 0 Å². The summed E-state index contributed by atoms with van der Waals surface area (Å²) < 4.78 is 5.86. The summed E-state index contributed by atoms with van der Waals surface area (Å²) in [6.45, 7) is 5.25. The highest BCUT2D eigenvalue weighted by molar-refractivity contribution is 5.94. The number of carbonyl (C=O) groups excluding carboxylic acids is 2. The van der Waals surface area contributed by atoms with Crippen molar-refractivity contribution in [3.63, 3.8) is 0 Å². The normalized spacial score (nSPS) is 20.3. The summed E-state index contributed by atoms with van der Waals surface area (Å²) in [5.74, 6) is 1.24. The van der Waals surface area contributed by atoms with E-state index in [1.54, 1.807) is 12.1 Å². The molecule has 130 valence electrons. The fraction of sp³-hybridized carbons (Fsp3) is 0.579. The summed E-state index contributed by atoms with van der Waals surface area (Å²) in [6.07, 6.45) is 4.15. The largest absolute Gasteiger partial charge is 0.491 e. The third kappa shape index (κ3) is 4.08. The summed E-state index contributed by atoms with van der Waals surface area (Å²) in [5, 5.41) is 2.87. The lowest BCUT2D eigenvalue weighted by Gasteiger charge is -2.25. The number of hydrogen-bond acceptors (Lipinski definition) is 3. The van der Waals surface area contributed by atoms with Gasteiger partial charge in [0.2, 0.25) is 5.91 Å². The Balaban J connectivity index is 1.52. The average molecular weight is 330 g/mol. The molecule has 2 amide bonds. The molecule has 2 aliphatic rings. The highest BCUT2D eigenvalue weighted by atomic mass is 16.5. The van der Waals surface area contributed by atoms with Crippen molar-refractivity contribution in [1.29, 1.82) is 0 Å². The number of benzene rings is 1. The van der Waals surface area contributed by atoms with Crippen molar-refractivity contribution < 1.29 is 14.3 Å². The van der Waals surface area contributed by atoms with Gasteiger partial charge >= 0.3 is 0 Å². The van der Waals surface area contributed by atoms with Crippen LogP contribution in [-0.2, 0) is 4.79 Å². The molecular weight excluding hydrogens is 304 g/mol. The van der Waals surface area contributed by atoms with Crippen LogP contribution < -0.4 is 10.1 Å². The highest BCUT2D eigenvalue weighted by Crippen LogP contribution is 2.33. The molecule has 1 unspecified atom stereocenters. The van der Waals surface area contributed by atoms with Gasteiger partial charge in [-0.25, -0.2) is 0 Å². The molecule has 1 aromatic carbocycles. The van der Waals surface area contributed by atoms with Crippen LogP contribution in [0.15, 0.2) is 24.3 Å². The monoisotopic (exact) mass is 330 g/mol. The molecule has 1 aromatic rings. The van der Waals surface area contributed by atoms with Crippen molar-refractivity contribution in [1.82, 2.24) is 10.2 Å². The van der Waals surface area contributed by atoms with Crippen molar-refractivity contribution >= 4 is 11.8 Å². The molecule has 0 bridgehead atoms. The first-order valence-electron chi connectivity index (χ1n) is 8.89. The number of likely N-dealkylation sites (tertiary alicyclic amines) is 1. The molecule has 5 heteroatoms. The highest BCUT2D eigenvalue weighted by Gasteiger charge is 2.38. The fourth-order valence-electron chi connectivity index (χ4n) is 3.10. The van der Waals surface area contributed by atoms with Gasteiger partial charge < -0.3 is 15.0 Å². The van der Waals surface area contributed by atoms with Crippen molar-refractivity contribution in [2.24, 2.45) is 5.92 Å². The maximum atomic E-state index is 12.3. The number of rotatable bonds is 6. The third-order valence-electron chi connectivity index (χ3n) is 4.57. The van der Waals surface area contributed by atoms with Gasteiger partial charge in [-0.1, -0.05) is 0 Å². The van der Waals surface area contributed by atoms with Gasteiger partial charge in [0.25, 0.3) is 5.91 Å². The standard InChI is InChI=1S/C19H26N2O3/c1-13(2)20-18(22)14-7-9-17(10-8-14)24-12-16-4-3-11-21(16)19(23)15-5-6-15/h7-10,13,15-16H,3-6,11-12H2,1-2H3,(H,20,22). The van der Waals surface area contributed by atoms with Gasteiger partial charge in [0.1, 0.15) is 12.4 Å². The van der Waals surface area contributed by atoms with Crippen LogP contribution in [0.5, 0.6) is 5.75 Å². The summed E-state index contributed by atoms with van der Waals surface area (Å²) in [5.41, 5.74) is 0.627. The van der Waals surface area contributed by atoms with Crippen LogP contribution >= 0.6 is 0 Å². The molecule has 3 rings (SSSR count). The Bertz CT molecular complexity index is 593. The van der Waals surface area contributed by atoms with Crippen LogP contribution in [0.4, 0.5) is 0 Å². The van der Waals surface area contributed by atoms with Crippen molar-refractivity contribution in [2.45, 2.75) is 51.6 Å². The molecular formula is C19H26N2O3.